The van der Waals surface area contributed by atoms with E-state index in [0.717, 1.165) is 12.3 Å². The normalized spacial score (nSPS) is 11.9. The lowest BCUT2D eigenvalue weighted by atomic mass is 10.2. The highest BCUT2D eigenvalue weighted by atomic mass is 19.3. The van der Waals surface area contributed by atoms with Crippen LogP contribution in [0.2, 0.25) is 0 Å². The van der Waals surface area contributed by atoms with Crippen LogP contribution in [0.25, 0.3) is 0 Å². The number of pyridine rings is 2. The summed E-state index contributed by atoms with van der Waals surface area (Å²) in [4.78, 5) is 35.9. The molecule has 0 radical (unpaired) electrons. The lowest BCUT2D eigenvalue weighted by Gasteiger charge is -2.17. The molecule has 3 aromatic heterocycles. The first-order valence-corrected chi connectivity index (χ1v) is 9.19. The Bertz CT molecular complexity index is 1180. The van der Waals surface area contributed by atoms with Crippen LogP contribution in [0.1, 0.15) is 23.4 Å². The number of carbonyl (C=O) groups is 1. The van der Waals surface area contributed by atoms with Gasteiger partial charge in [0.1, 0.15) is 24.0 Å². The average Bonchev–Trinajstić information content (AvgIpc) is 2.80. The summed E-state index contributed by atoms with van der Waals surface area (Å²) in [6, 6.07) is 10.1. The predicted molar refractivity (Wildman–Crippen MR) is 106 cm³/mol. The number of nitrogens with zero attached hydrogens (tertiary/aromatic N) is 5. The fourth-order valence-electron chi connectivity index (χ4n) is 2.65. The van der Waals surface area contributed by atoms with E-state index in [9.17, 15) is 28.0 Å². The van der Waals surface area contributed by atoms with Gasteiger partial charge in [0.25, 0.3) is 5.56 Å². The molecule has 0 aliphatic heterocycles. The Morgan fingerprint density at radius 3 is 2.50 bits per heavy atom. The van der Waals surface area contributed by atoms with Gasteiger partial charge < -0.3 is 10.6 Å². The molecule has 3 aromatic rings. The van der Waals surface area contributed by atoms with Crippen molar-refractivity contribution in [3.63, 3.8) is 0 Å². The Morgan fingerprint density at radius 1 is 1.16 bits per heavy atom. The Kier molecular flexibility index (Phi) is 6.79. The Morgan fingerprint density at radius 2 is 1.88 bits per heavy atom. The van der Waals surface area contributed by atoms with Gasteiger partial charge in [-0.25, -0.2) is 9.37 Å². The van der Waals surface area contributed by atoms with Crippen LogP contribution in [-0.2, 0) is 17.3 Å². The fourth-order valence-corrected chi connectivity index (χ4v) is 2.65. The molecule has 1 unspecified atom stereocenters. The molecule has 0 saturated heterocycles. The Labute approximate surface area is 179 Å². The first kappa shape index (κ1) is 22.4. The van der Waals surface area contributed by atoms with Crippen molar-refractivity contribution in [2.24, 2.45) is 0 Å². The van der Waals surface area contributed by atoms with Crippen LogP contribution >= 0.6 is 0 Å². The second-order valence-corrected chi connectivity index (χ2v) is 6.45. The maximum absolute atomic E-state index is 14.3. The van der Waals surface area contributed by atoms with Crippen LogP contribution in [0.15, 0.2) is 59.8 Å². The van der Waals surface area contributed by atoms with Crippen LogP contribution in [0.3, 0.4) is 0 Å². The van der Waals surface area contributed by atoms with E-state index < -0.39 is 48.3 Å². The predicted octanol–water partition coefficient (Wildman–Crippen LogP) is 1.89. The number of carbonyl (C=O) groups excluding carboxylic acids is 1. The summed E-state index contributed by atoms with van der Waals surface area (Å²) in [7, 11) is 0. The molecule has 1 amide bonds. The number of rotatable bonds is 8. The summed E-state index contributed by atoms with van der Waals surface area (Å²) >= 11 is 0. The highest BCUT2D eigenvalue weighted by Gasteiger charge is 2.33. The summed E-state index contributed by atoms with van der Waals surface area (Å²) in [5.74, 6) is -4.86. The van der Waals surface area contributed by atoms with Gasteiger partial charge in [-0.15, -0.1) is 0 Å². The number of aromatic nitrogens is 4. The maximum Gasteiger partial charge on any atom is 0.306 e. The minimum absolute atomic E-state index is 0.0532. The lowest BCUT2D eigenvalue weighted by molar-refractivity contribution is -0.123. The van der Waals surface area contributed by atoms with E-state index in [-0.39, 0.29) is 11.4 Å². The van der Waals surface area contributed by atoms with Crippen molar-refractivity contribution in [1.82, 2.24) is 24.8 Å². The van der Waals surface area contributed by atoms with E-state index in [1.54, 1.807) is 12.1 Å². The van der Waals surface area contributed by atoms with E-state index in [1.165, 1.54) is 36.7 Å². The molecule has 0 fully saturated rings. The smallest absolute Gasteiger partial charge is 0.306 e. The summed E-state index contributed by atoms with van der Waals surface area (Å²) in [6.07, 6.45) is 1.55. The summed E-state index contributed by atoms with van der Waals surface area (Å²) < 4.78 is 43.5. The van der Waals surface area contributed by atoms with Crippen molar-refractivity contribution in [3.05, 3.63) is 82.4 Å². The zero-order valence-corrected chi connectivity index (χ0v) is 16.4. The van der Waals surface area contributed by atoms with Gasteiger partial charge in [-0.2, -0.15) is 14.0 Å². The van der Waals surface area contributed by atoms with Gasteiger partial charge in [0.15, 0.2) is 5.82 Å². The zero-order chi connectivity index (χ0) is 23.1. The molecule has 3 rings (SSSR count). The molecule has 0 aromatic carbocycles. The highest BCUT2D eigenvalue weighted by molar-refractivity contribution is 5.76. The lowest BCUT2D eigenvalue weighted by Crippen LogP contribution is -2.37. The number of hydrogen-bond acceptors (Lipinski definition) is 7. The third kappa shape index (κ3) is 5.25. The first-order valence-electron chi connectivity index (χ1n) is 9.19. The molecule has 9 nitrogen and oxygen atoms in total. The number of nitriles is 1. The van der Waals surface area contributed by atoms with Crippen molar-refractivity contribution >= 4 is 11.7 Å². The SMILES string of the molecule is N#Cc1cnc(NCC(F)(F)c2ccccn2)c(=O)n1CC(=O)NC(F)c1ccccn1. The molecule has 0 saturated carbocycles. The summed E-state index contributed by atoms with van der Waals surface area (Å²) in [5.41, 5.74) is -1.86. The fraction of sp³-hybridized carbons (Fsp3) is 0.200. The van der Waals surface area contributed by atoms with Crippen molar-refractivity contribution in [2.75, 3.05) is 11.9 Å². The molecular formula is C20H16F3N7O2. The zero-order valence-electron chi connectivity index (χ0n) is 16.4. The maximum atomic E-state index is 14.3. The standard InChI is InChI=1S/C20H16F3N7O2/c21-17(14-5-1-3-7-25-14)29-16(31)11-30-13(9-24)10-27-18(19(30)32)28-12-20(22,23)15-6-2-4-8-26-15/h1-8,10,17H,11-12H2,(H,27,28)(H,29,31). The first-order chi connectivity index (χ1) is 15.3. The van der Waals surface area contributed by atoms with E-state index in [2.05, 4.69) is 20.3 Å². The molecule has 32 heavy (non-hydrogen) atoms. The third-order valence-electron chi connectivity index (χ3n) is 4.22. The van der Waals surface area contributed by atoms with Gasteiger partial charge in [0, 0.05) is 12.4 Å². The van der Waals surface area contributed by atoms with Crippen LogP contribution in [0.4, 0.5) is 19.0 Å². The Balaban J connectivity index is 1.75. The quantitative estimate of drug-likeness (QED) is 0.509. The van der Waals surface area contributed by atoms with Crippen molar-refractivity contribution < 1.29 is 18.0 Å². The van der Waals surface area contributed by atoms with Gasteiger partial charge >= 0.3 is 5.92 Å². The van der Waals surface area contributed by atoms with Crippen LogP contribution < -0.4 is 16.2 Å². The van der Waals surface area contributed by atoms with Crippen molar-refractivity contribution in [3.8, 4) is 6.07 Å². The molecule has 0 bridgehead atoms. The van der Waals surface area contributed by atoms with Gasteiger partial charge in [-0.1, -0.05) is 12.1 Å². The van der Waals surface area contributed by atoms with Crippen LogP contribution in [0, 0.1) is 11.3 Å². The molecule has 0 spiro atoms. The summed E-state index contributed by atoms with van der Waals surface area (Å²) in [6.45, 7) is -1.74. The number of halogens is 3. The molecule has 0 aliphatic carbocycles. The monoisotopic (exact) mass is 443 g/mol. The van der Waals surface area contributed by atoms with E-state index in [1.807, 2.05) is 5.32 Å². The number of amides is 1. The number of nitrogens with one attached hydrogen (secondary N) is 2. The number of hydrogen-bond donors (Lipinski definition) is 2. The minimum Gasteiger partial charge on any atom is -0.359 e. The van der Waals surface area contributed by atoms with Gasteiger partial charge in [0.05, 0.1) is 18.4 Å². The average molecular weight is 443 g/mol. The number of anilines is 1. The van der Waals surface area contributed by atoms with Gasteiger partial charge in [-0.05, 0) is 24.3 Å². The van der Waals surface area contributed by atoms with Crippen LogP contribution in [-0.4, -0.2) is 32.0 Å². The van der Waals surface area contributed by atoms with Gasteiger partial charge in [-0.3, -0.25) is 24.1 Å². The summed E-state index contributed by atoms with van der Waals surface area (Å²) in [5, 5.41) is 13.4. The highest BCUT2D eigenvalue weighted by Crippen LogP contribution is 2.25. The number of alkyl halides is 3. The Hall–Kier alpha value is -4.27. The molecule has 2 N–H and O–H groups in total. The topological polar surface area (TPSA) is 126 Å². The van der Waals surface area contributed by atoms with Crippen molar-refractivity contribution in [2.45, 2.75) is 18.8 Å². The van der Waals surface area contributed by atoms with E-state index >= 15 is 0 Å². The minimum atomic E-state index is -3.42. The second kappa shape index (κ2) is 9.69. The molecule has 12 heteroatoms. The largest absolute Gasteiger partial charge is 0.359 e. The third-order valence-corrected chi connectivity index (χ3v) is 4.22. The molecular weight excluding hydrogens is 427 g/mol. The molecule has 164 valence electrons. The van der Waals surface area contributed by atoms with E-state index in [0.29, 0.717) is 4.57 Å². The van der Waals surface area contributed by atoms with Crippen LogP contribution in [0.5, 0.6) is 0 Å². The van der Waals surface area contributed by atoms with Crippen molar-refractivity contribution in [1.29, 1.82) is 5.26 Å². The molecule has 3 heterocycles. The van der Waals surface area contributed by atoms with Gasteiger partial charge in [0.2, 0.25) is 12.2 Å². The molecule has 0 aliphatic rings. The van der Waals surface area contributed by atoms with E-state index in [4.69, 9.17) is 0 Å². The molecule has 1 atom stereocenters. The second-order valence-electron chi connectivity index (χ2n) is 6.45.